The molecule has 86 heavy (non-hydrogen) atoms. The molecule has 466 valence electrons. The Labute approximate surface area is 513 Å². The maximum atomic E-state index is 13.3. The molecule has 3 atom stereocenters. The predicted octanol–water partition coefficient (Wildman–Crippen LogP) is 13.1. The van der Waals surface area contributed by atoms with Gasteiger partial charge in [-0.1, -0.05) is 170 Å². The molecule has 19 heteroatoms. The number of benzene rings is 6. The Morgan fingerprint density at radius 2 is 0.698 bits per heavy atom. The van der Waals surface area contributed by atoms with Crippen molar-refractivity contribution in [2.75, 3.05) is 53.7 Å². The second-order valence-corrected chi connectivity index (χ2v) is 27.8. The van der Waals surface area contributed by atoms with Crippen molar-refractivity contribution in [3.8, 4) is 0 Å². The molecule has 0 aliphatic carbocycles. The van der Waals surface area contributed by atoms with Crippen LogP contribution in [-0.4, -0.2) is 83.3 Å². The van der Waals surface area contributed by atoms with Crippen LogP contribution in [0.1, 0.15) is 179 Å². The molecule has 4 N–H and O–H groups in total. The summed E-state index contributed by atoms with van der Waals surface area (Å²) >= 11 is 0. The normalized spacial score (nSPS) is 17.0. The Kier molecular flexibility index (Phi) is 26.8. The van der Waals surface area contributed by atoms with Crippen LogP contribution in [0.3, 0.4) is 0 Å². The first-order valence-electron chi connectivity index (χ1n) is 29.6. The number of carbonyl (C=O) groups excluding carboxylic acids is 2. The summed E-state index contributed by atoms with van der Waals surface area (Å²) in [4.78, 5) is 28.1. The van der Waals surface area contributed by atoms with E-state index in [1.807, 2.05) is 130 Å². The largest absolute Gasteiger partial charge is 0.481 e. The van der Waals surface area contributed by atoms with Crippen LogP contribution in [0.5, 0.6) is 0 Å². The third-order valence-corrected chi connectivity index (χ3v) is 21.3. The van der Waals surface area contributed by atoms with Gasteiger partial charge in [-0.2, -0.15) is 9.59 Å². The maximum Gasteiger partial charge on any atom is 0.373 e. The van der Waals surface area contributed by atoms with E-state index in [1.54, 1.807) is 39.3 Å². The van der Waals surface area contributed by atoms with E-state index in [9.17, 15) is 30.0 Å². The highest BCUT2D eigenvalue weighted by atomic mass is 32.2. The van der Waals surface area contributed by atoms with E-state index >= 15 is 0 Å². The van der Waals surface area contributed by atoms with Crippen LogP contribution in [0, 0.1) is 20.8 Å². The molecule has 6 aromatic rings. The van der Waals surface area contributed by atoms with Crippen molar-refractivity contribution in [1.82, 2.24) is 16.0 Å². The molecule has 3 aliphatic rings. The van der Waals surface area contributed by atoms with Crippen molar-refractivity contribution < 1.29 is 44.7 Å². The maximum absolute atomic E-state index is 13.3. The van der Waals surface area contributed by atoms with Gasteiger partial charge in [-0.15, -0.1) is 0 Å². The number of aliphatic carboxylic acids is 1. The molecule has 0 bridgehead atoms. The number of nitrogens with one attached hydrogen (secondary N) is 3. The van der Waals surface area contributed by atoms with E-state index in [4.69, 9.17) is 14.7 Å². The summed E-state index contributed by atoms with van der Waals surface area (Å²) in [6.07, 6.45) is 15.2. The van der Waals surface area contributed by atoms with Crippen molar-refractivity contribution in [1.29, 1.82) is 0 Å². The van der Waals surface area contributed by atoms with E-state index < -0.39 is 36.0 Å². The number of hydrogen-bond donors (Lipinski definition) is 4. The van der Waals surface area contributed by atoms with Crippen LogP contribution in [0.15, 0.2) is 142 Å². The van der Waals surface area contributed by atoms with Gasteiger partial charge in [0.05, 0.1) is 49.9 Å². The third-order valence-electron chi connectivity index (χ3n) is 15.8. The summed E-state index contributed by atoms with van der Waals surface area (Å²) in [6.45, 7) is 12.6. The number of fused-ring (bicyclic) bond motifs is 6. The average molecular weight is 1240 g/mol. The first kappa shape index (κ1) is 70.1. The first-order valence-corrected chi connectivity index (χ1v) is 34.0. The molecular formula is C67H90N6O10S3. The van der Waals surface area contributed by atoms with Crippen molar-refractivity contribution in [2.24, 2.45) is 0 Å². The topological polar surface area (TPSA) is 220 Å². The standard InChI is InChI=1S/C23H32N2O2S.C22H30N2O2S.C20H24N2O4S.CO2.CH4/c1-4-5-6-7-8-11-16-24-23-19-12-9-10-13-21(19)25(3)28(26,27)22-17-18(2)14-15-20(22)23;1-4-5-6-7-10-15-23-22-18-11-8-9-12-20(18)24(3)27(25,26)21-16-17(2)13-14-19(21)22;1-14-10-11-16-18(13-14)27(25,26)22(2)17-8-4-3-7-15(17)20(16)21-12-6-5-9-19(23)24;2-1-3;/h9-10,12-15,17,23-24H,4-8,11,16H2,1-3H3;8-9,11-14,16,22-23H,4-7,10,15H2,1-3H3;3-4,7-8,10-11,13,20-21H,5-6,9,12H2,1-2H3,(H,23,24);;1H4. The van der Waals surface area contributed by atoms with Gasteiger partial charge in [0, 0.05) is 27.6 Å². The molecule has 3 unspecified atom stereocenters. The third kappa shape index (κ3) is 17.1. The predicted molar refractivity (Wildman–Crippen MR) is 345 cm³/mol. The van der Waals surface area contributed by atoms with Crippen LogP contribution in [0.2, 0.25) is 0 Å². The van der Waals surface area contributed by atoms with Crippen molar-refractivity contribution in [2.45, 2.75) is 165 Å². The van der Waals surface area contributed by atoms with Crippen molar-refractivity contribution in [3.05, 3.63) is 177 Å². The Balaban J connectivity index is 0.000000229. The number of carboxylic acids is 1. The van der Waals surface area contributed by atoms with Gasteiger partial charge in [0.2, 0.25) is 0 Å². The zero-order chi connectivity index (χ0) is 61.9. The molecule has 6 aromatic carbocycles. The molecule has 0 saturated carbocycles. The summed E-state index contributed by atoms with van der Waals surface area (Å²) in [6, 6.07) is 39.6. The van der Waals surface area contributed by atoms with Gasteiger partial charge in [-0.3, -0.25) is 17.7 Å². The number of hydrogen-bond acceptors (Lipinski definition) is 12. The average Bonchev–Trinajstić information content (AvgIpc) is 1.80. The van der Waals surface area contributed by atoms with E-state index in [1.165, 1.54) is 70.7 Å². The molecule has 0 amide bonds. The monoisotopic (exact) mass is 1230 g/mol. The molecule has 0 radical (unpaired) electrons. The lowest BCUT2D eigenvalue weighted by molar-refractivity contribution is -0.191. The number of unbranched alkanes of at least 4 members (excludes halogenated alkanes) is 10. The molecule has 0 aromatic heterocycles. The summed E-state index contributed by atoms with van der Waals surface area (Å²) in [5, 5.41) is 19.5. The first-order chi connectivity index (χ1) is 40.7. The van der Waals surface area contributed by atoms with Gasteiger partial charge in [0.1, 0.15) is 0 Å². The fraction of sp³-hybridized carbons (Fsp3) is 0.433. The summed E-state index contributed by atoms with van der Waals surface area (Å²) in [7, 11) is -5.94. The minimum absolute atomic E-state index is 0. The molecule has 3 heterocycles. The van der Waals surface area contributed by atoms with Crippen molar-refractivity contribution in [3.63, 3.8) is 0 Å². The number of nitrogens with zero attached hydrogens (tertiary/aromatic N) is 3. The zero-order valence-electron chi connectivity index (χ0n) is 50.6. The Morgan fingerprint density at radius 1 is 0.430 bits per heavy atom. The number of carbonyl (C=O) groups is 1. The second-order valence-electron chi connectivity index (χ2n) is 22.0. The lowest BCUT2D eigenvalue weighted by Gasteiger charge is -2.22. The van der Waals surface area contributed by atoms with Crippen LogP contribution in [-0.2, 0) is 44.5 Å². The molecule has 3 aliphatic heterocycles. The highest BCUT2D eigenvalue weighted by Crippen LogP contribution is 2.43. The van der Waals surface area contributed by atoms with Gasteiger partial charge in [0.25, 0.3) is 30.1 Å². The van der Waals surface area contributed by atoms with E-state index in [-0.39, 0.29) is 38.1 Å². The van der Waals surface area contributed by atoms with Crippen LogP contribution in [0.4, 0.5) is 17.1 Å². The lowest BCUT2D eigenvalue weighted by atomic mass is 9.96. The zero-order valence-corrected chi connectivity index (χ0v) is 53.0. The van der Waals surface area contributed by atoms with Crippen LogP contribution in [0.25, 0.3) is 0 Å². The Bertz CT molecular complexity index is 3590. The SMILES string of the molecule is C.CCCCCCCCNC1c2ccccc2N(C)S(=O)(=O)c2cc(C)ccc21.CCCCCCCNC1c2ccccc2N(C)S(=O)(=O)c2cc(C)ccc21.Cc1ccc2c(c1)S(=O)(=O)N(C)c1ccccc1C2NCCCCC(=O)O.O=C=O. The fourth-order valence-electron chi connectivity index (χ4n) is 11.1. The summed E-state index contributed by atoms with van der Waals surface area (Å²) in [5.41, 5.74) is 10.3. The Morgan fingerprint density at radius 3 is 0.988 bits per heavy atom. The van der Waals surface area contributed by atoms with Gasteiger partial charge in [-0.25, -0.2) is 25.3 Å². The number of carboxylic acid groups (broad SMARTS) is 1. The Hall–Kier alpha value is -6.70. The van der Waals surface area contributed by atoms with E-state index in [2.05, 4.69) is 29.8 Å². The fourth-order valence-corrected chi connectivity index (χ4v) is 15.7. The van der Waals surface area contributed by atoms with Gasteiger partial charge >= 0.3 is 12.1 Å². The highest BCUT2D eigenvalue weighted by Gasteiger charge is 2.37. The van der Waals surface area contributed by atoms with Crippen LogP contribution >= 0.6 is 0 Å². The van der Waals surface area contributed by atoms with E-state index in [0.717, 1.165) is 87.4 Å². The van der Waals surface area contributed by atoms with Crippen LogP contribution < -0.4 is 28.9 Å². The quantitative estimate of drug-likeness (QED) is 0.0494. The smallest absolute Gasteiger partial charge is 0.373 e. The number of para-hydroxylation sites is 3. The van der Waals surface area contributed by atoms with Gasteiger partial charge in [0.15, 0.2) is 0 Å². The lowest BCUT2D eigenvalue weighted by Crippen LogP contribution is -2.26. The molecule has 9 rings (SSSR count). The van der Waals surface area contributed by atoms with Gasteiger partial charge in [-0.05, 0) is 153 Å². The van der Waals surface area contributed by atoms with E-state index in [0.29, 0.717) is 39.8 Å². The number of aryl methyl sites for hydroxylation is 3. The molecule has 0 fully saturated rings. The summed E-state index contributed by atoms with van der Waals surface area (Å²) in [5.74, 6) is -0.802. The number of sulfonamides is 3. The molecule has 0 saturated heterocycles. The minimum atomic E-state index is -3.66. The number of rotatable bonds is 21. The molecular weight excluding hydrogens is 1140 g/mol. The van der Waals surface area contributed by atoms with Crippen molar-refractivity contribution >= 4 is 59.3 Å². The highest BCUT2D eigenvalue weighted by molar-refractivity contribution is 7.93. The minimum Gasteiger partial charge on any atom is -0.481 e. The molecule has 16 nitrogen and oxygen atoms in total. The van der Waals surface area contributed by atoms with Gasteiger partial charge < -0.3 is 21.1 Å². The number of anilines is 3. The molecule has 0 spiro atoms. The second kappa shape index (κ2) is 32.9. The summed E-state index contributed by atoms with van der Waals surface area (Å²) < 4.78 is 83.5.